The van der Waals surface area contributed by atoms with Gasteiger partial charge in [0.1, 0.15) is 5.82 Å². The van der Waals surface area contributed by atoms with E-state index in [1.54, 1.807) is 24.4 Å². The van der Waals surface area contributed by atoms with Gasteiger partial charge in [-0.2, -0.15) is 5.10 Å². The number of nitrogens with one attached hydrogen (secondary N) is 2. The van der Waals surface area contributed by atoms with E-state index in [1.165, 1.54) is 0 Å². The summed E-state index contributed by atoms with van der Waals surface area (Å²) >= 11 is 3.29. The van der Waals surface area contributed by atoms with Gasteiger partial charge in [-0.1, -0.05) is 15.9 Å². The van der Waals surface area contributed by atoms with E-state index in [2.05, 4.69) is 31.4 Å². The number of hydrogen-bond donors (Lipinski definition) is 3. The molecule has 0 saturated heterocycles. The molecule has 0 saturated carbocycles. The fourth-order valence-corrected chi connectivity index (χ4v) is 1.77. The topological polar surface area (TPSA) is 83.8 Å². The van der Waals surface area contributed by atoms with Crippen LogP contribution in [-0.2, 0) is 0 Å². The van der Waals surface area contributed by atoms with Gasteiger partial charge in [0.25, 0.3) is 5.91 Å². The molecule has 0 unspecified atom stereocenters. The molecule has 4 N–H and O–H groups in total. The zero-order chi connectivity index (χ0) is 12.4. The Bertz CT molecular complexity index is 564. The Balaban J connectivity index is 2.23. The molecule has 17 heavy (non-hydrogen) atoms. The number of nitrogens with zero attached hydrogens (tertiary/aromatic N) is 1. The molecular formula is C11H11BrN4O. The first-order valence-electron chi connectivity index (χ1n) is 4.94. The zero-order valence-corrected chi connectivity index (χ0v) is 10.7. The van der Waals surface area contributed by atoms with Gasteiger partial charge >= 0.3 is 0 Å². The summed E-state index contributed by atoms with van der Waals surface area (Å²) < 4.78 is 0.837. The Kier molecular flexibility index (Phi) is 3.14. The van der Waals surface area contributed by atoms with Gasteiger partial charge in [0.05, 0.1) is 11.8 Å². The molecule has 1 aromatic heterocycles. The average Bonchev–Trinajstić information content (AvgIpc) is 2.64. The van der Waals surface area contributed by atoms with E-state index in [4.69, 9.17) is 5.73 Å². The number of amides is 1. The van der Waals surface area contributed by atoms with Gasteiger partial charge in [0, 0.05) is 15.7 Å². The molecule has 0 bridgehead atoms. The number of nitrogens with two attached hydrogens (primary N) is 1. The van der Waals surface area contributed by atoms with Gasteiger partial charge in [-0.3, -0.25) is 9.89 Å². The summed E-state index contributed by atoms with van der Waals surface area (Å²) in [5.74, 6) is 0.319. The van der Waals surface area contributed by atoms with Crippen LogP contribution >= 0.6 is 15.9 Å². The van der Waals surface area contributed by atoms with Crippen molar-refractivity contribution < 1.29 is 4.79 Å². The van der Waals surface area contributed by atoms with E-state index in [0.717, 1.165) is 10.0 Å². The van der Waals surface area contributed by atoms with Gasteiger partial charge in [-0.15, -0.1) is 0 Å². The predicted molar refractivity (Wildman–Crippen MR) is 69.8 cm³/mol. The third-order valence-electron chi connectivity index (χ3n) is 2.33. The van der Waals surface area contributed by atoms with Crippen LogP contribution < -0.4 is 11.1 Å². The van der Waals surface area contributed by atoms with Crippen LogP contribution in [0.1, 0.15) is 15.9 Å². The summed E-state index contributed by atoms with van der Waals surface area (Å²) in [6.45, 7) is 1.85. The number of nitrogen functional groups attached to an aromatic ring is 1. The number of carbonyl (C=O) groups is 1. The third-order valence-corrected chi connectivity index (χ3v) is 2.82. The normalized spacial score (nSPS) is 10.2. The summed E-state index contributed by atoms with van der Waals surface area (Å²) in [6.07, 6.45) is 1.64. The first-order chi connectivity index (χ1) is 8.08. The van der Waals surface area contributed by atoms with Crippen molar-refractivity contribution in [1.82, 2.24) is 10.2 Å². The Labute approximate surface area is 107 Å². The van der Waals surface area contributed by atoms with Crippen molar-refractivity contribution >= 4 is 33.3 Å². The fraction of sp³-hybridized carbons (Fsp3) is 0.0909. The zero-order valence-electron chi connectivity index (χ0n) is 9.12. The fourth-order valence-electron chi connectivity index (χ4n) is 1.39. The number of anilines is 2. The van der Waals surface area contributed by atoms with Gasteiger partial charge in [0.15, 0.2) is 0 Å². The molecule has 0 spiro atoms. The highest BCUT2D eigenvalue weighted by Gasteiger charge is 2.11. The summed E-state index contributed by atoms with van der Waals surface area (Å²) in [5.41, 5.74) is 7.50. The van der Waals surface area contributed by atoms with Crippen LogP contribution in [-0.4, -0.2) is 16.1 Å². The van der Waals surface area contributed by atoms with Crippen molar-refractivity contribution in [3.63, 3.8) is 0 Å². The minimum absolute atomic E-state index is 0.262. The van der Waals surface area contributed by atoms with E-state index >= 15 is 0 Å². The highest BCUT2D eigenvalue weighted by atomic mass is 79.9. The van der Waals surface area contributed by atoms with Crippen molar-refractivity contribution in [3.05, 3.63) is 40.0 Å². The number of aryl methyl sites for hydroxylation is 1. The molecule has 0 fully saturated rings. The van der Waals surface area contributed by atoms with Crippen molar-refractivity contribution in [2.24, 2.45) is 0 Å². The number of aromatic amines is 1. The number of carbonyl (C=O) groups excluding carboxylic acids is 1. The lowest BCUT2D eigenvalue weighted by Gasteiger charge is -2.06. The van der Waals surface area contributed by atoms with E-state index in [0.29, 0.717) is 17.1 Å². The molecule has 0 aliphatic carbocycles. The van der Waals surface area contributed by atoms with E-state index in [1.807, 2.05) is 6.92 Å². The molecule has 0 aliphatic heterocycles. The summed E-state index contributed by atoms with van der Waals surface area (Å²) in [4.78, 5) is 11.9. The van der Waals surface area contributed by atoms with Crippen LogP contribution in [0, 0.1) is 6.92 Å². The molecule has 0 atom stereocenters. The van der Waals surface area contributed by atoms with Crippen molar-refractivity contribution in [3.8, 4) is 0 Å². The molecule has 1 amide bonds. The van der Waals surface area contributed by atoms with Crippen LogP contribution in [0.25, 0.3) is 0 Å². The SMILES string of the molecule is Cc1cn[nH]c1NC(=O)c1ccc(Br)cc1N. The molecule has 88 valence electrons. The summed E-state index contributed by atoms with van der Waals surface area (Å²) in [6, 6.07) is 5.13. The number of halogens is 1. The lowest BCUT2D eigenvalue weighted by atomic mass is 10.1. The van der Waals surface area contributed by atoms with Crippen LogP contribution in [0.4, 0.5) is 11.5 Å². The number of hydrogen-bond acceptors (Lipinski definition) is 3. The van der Waals surface area contributed by atoms with E-state index in [9.17, 15) is 4.79 Å². The first kappa shape index (κ1) is 11.7. The molecule has 0 radical (unpaired) electrons. The largest absolute Gasteiger partial charge is 0.398 e. The maximum absolute atomic E-state index is 11.9. The molecule has 2 aromatic rings. The maximum atomic E-state index is 11.9. The molecule has 2 rings (SSSR count). The van der Waals surface area contributed by atoms with Crippen LogP contribution in [0.15, 0.2) is 28.9 Å². The quantitative estimate of drug-likeness (QED) is 0.743. The highest BCUT2D eigenvalue weighted by molar-refractivity contribution is 9.10. The van der Waals surface area contributed by atoms with E-state index < -0.39 is 0 Å². The second-order valence-corrected chi connectivity index (χ2v) is 4.53. The van der Waals surface area contributed by atoms with Gasteiger partial charge in [-0.05, 0) is 25.1 Å². The van der Waals surface area contributed by atoms with Crippen molar-refractivity contribution in [1.29, 1.82) is 0 Å². The molecule has 1 heterocycles. The minimum Gasteiger partial charge on any atom is -0.398 e. The number of aromatic nitrogens is 2. The van der Waals surface area contributed by atoms with E-state index in [-0.39, 0.29) is 5.91 Å². The van der Waals surface area contributed by atoms with Gasteiger partial charge < -0.3 is 11.1 Å². The lowest BCUT2D eigenvalue weighted by molar-refractivity contribution is 0.102. The predicted octanol–water partition coefficient (Wildman–Crippen LogP) is 2.32. The Morgan fingerprint density at radius 3 is 2.88 bits per heavy atom. The molecular weight excluding hydrogens is 284 g/mol. The smallest absolute Gasteiger partial charge is 0.258 e. The third kappa shape index (κ3) is 2.47. The number of rotatable bonds is 2. The standard InChI is InChI=1S/C11H11BrN4O/c1-6-5-14-16-10(6)15-11(17)8-3-2-7(12)4-9(8)13/h2-5H,13H2,1H3,(H2,14,15,16,17). The molecule has 6 heteroatoms. The van der Waals surface area contributed by atoms with Crippen LogP contribution in [0.2, 0.25) is 0 Å². The summed E-state index contributed by atoms with van der Waals surface area (Å²) in [7, 11) is 0. The van der Waals surface area contributed by atoms with Crippen molar-refractivity contribution in [2.45, 2.75) is 6.92 Å². The Morgan fingerprint density at radius 1 is 1.53 bits per heavy atom. The maximum Gasteiger partial charge on any atom is 0.258 e. The second-order valence-electron chi connectivity index (χ2n) is 3.61. The highest BCUT2D eigenvalue weighted by Crippen LogP contribution is 2.20. The van der Waals surface area contributed by atoms with Crippen LogP contribution in [0.3, 0.4) is 0 Å². The number of benzene rings is 1. The van der Waals surface area contributed by atoms with Gasteiger partial charge in [0.2, 0.25) is 0 Å². The Hall–Kier alpha value is -1.82. The summed E-state index contributed by atoms with van der Waals surface area (Å²) in [5, 5.41) is 9.25. The average molecular weight is 295 g/mol. The van der Waals surface area contributed by atoms with Gasteiger partial charge in [-0.25, -0.2) is 0 Å². The molecule has 0 aliphatic rings. The minimum atomic E-state index is -0.262. The monoisotopic (exact) mass is 294 g/mol. The van der Waals surface area contributed by atoms with Crippen LogP contribution in [0.5, 0.6) is 0 Å². The lowest BCUT2D eigenvalue weighted by Crippen LogP contribution is -2.14. The molecule has 5 nitrogen and oxygen atoms in total. The number of H-pyrrole nitrogens is 1. The molecule has 1 aromatic carbocycles. The Morgan fingerprint density at radius 2 is 2.29 bits per heavy atom. The first-order valence-corrected chi connectivity index (χ1v) is 5.73. The second kappa shape index (κ2) is 4.58. The van der Waals surface area contributed by atoms with Crippen molar-refractivity contribution in [2.75, 3.05) is 11.1 Å².